The van der Waals surface area contributed by atoms with Crippen LogP contribution in [0, 0.1) is 12.8 Å². The van der Waals surface area contributed by atoms with Crippen LogP contribution in [0.15, 0.2) is 40.8 Å². The van der Waals surface area contributed by atoms with Gasteiger partial charge in [-0.2, -0.15) is 5.10 Å². The molecule has 0 radical (unpaired) electrons. The Kier molecular flexibility index (Phi) is 5.14. The van der Waals surface area contributed by atoms with Crippen LogP contribution in [0.3, 0.4) is 0 Å². The lowest BCUT2D eigenvalue weighted by Crippen LogP contribution is -2.58. The zero-order chi connectivity index (χ0) is 19.0. The molecule has 0 spiro atoms. The number of rotatable bonds is 5. The number of fused-ring (bicyclic) bond motifs is 3. The van der Waals surface area contributed by atoms with Crippen LogP contribution in [0.1, 0.15) is 41.1 Å². The van der Waals surface area contributed by atoms with Gasteiger partial charge in [0.1, 0.15) is 4.88 Å². The standard InChI is InChI=1S/C20H24N4OS2/c1-13(2)8-10-23-18(25)17-16(9-11-26-17)24-19(23)21-22-20(24)27-12-15-6-4-14(3)5-7-15/h4-7,9,11,13,19,21H,8,10,12H2,1-3H3. The molecule has 1 aromatic carbocycles. The predicted octanol–water partition coefficient (Wildman–Crippen LogP) is 4.46. The highest BCUT2D eigenvalue weighted by Crippen LogP contribution is 2.38. The van der Waals surface area contributed by atoms with Gasteiger partial charge in [-0.15, -0.1) is 11.3 Å². The van der Waals surface area contributed by atoms with Crippen LogP contribution < -0.4 is 10.3 Å². The maximum Gasteiger partial charge on any atom is 0.269 e. The Morgan fingerprint density at radius 2 is 2.04 bits per heavy atom. The van der Waals surface area contributed by atoms with Crippen LogP contribution in [0.25, 0.3) is 0 Å². The Morgan fingerprint density at radius 1 is 1.26 bits per heavy atom. The number of anilines is 1. The van der Waals surface area contributed by atoms with Crippen molar-refractivity contribution in [3.05, 3.63) is 51.7 Å². The zero-order valence-electron chi connectivity index (χ0n) is 15.8. The van der Waals surface area contributed by atoms with Crippen LogP contribution in [-0.4, -0.2) is 28.8 Å². The van der Waals surface area contributed by atoms with Gasteiger partial charge < -0.3 is 0 Å². The second-order valence-electron chi connectivity index (χ2n) is 7.36. The molecular formula is C20H24N4OS2. The summed E-state index contributed by atoms with van der Waals surface area (Å²) in [4.78, 5) is 17.9. The van der Waals surface area contributed by atoms with Crippen LogP contribution in [0.4, 0.5) is 5.69 Å². The van der Waals surface area contributed by atoms with Crippen molar-refractivity contribution in [1.29, 1.82) is 0 Å². The second-order valence-corrected chi connectivity index (χ2v) is 9.22. The molecule has 27 heavy (non-hydrogen) atoms. The van der Waals surface area contributed by atoms with E-state index in [9.17, 15) is 4.79 Å². The number of thioether (sulfide) groups is 1. The van der Waals surface area contributed by atoms with E-state index in [1.54, 1.807) is 11.8 Å². The smallest absolute Gasteiger partial charge is 0.269 e. The summed E-state index contributed by atoms with van der Waals surface area (Å²) >= 11 is 3.22. The number of hydrogen-bond donors (Lipinski definition) is 1. The highest BCUT2D eigenvalue weighted by atomic mass is 32.2. The van der Waals surface area contributed by atoms with Gasteiger partial charge in [-0.25, -0.2) is 0 Å². The first-order chi connectivity index (χ1) is 13.0. The molecule has 0 saturated heterocycles. The first kappa shape index (κ1) is 18.4. The number of nitrogens with one attached hydrogen (secondary N) is 1. The number of carbonyl (C=O) groups is 1. The molecule has 1 N–H and O–H groups in total. The van der Waals surface area contributed by atoms with E-state index in [0.717, 1.165) is 34.5 Å². The fraction of sp³-hybridized carbons (Fsp3) is 0.400. The van der Waals surface area contributed by atoms with E-state index < -0.39 is 0 Å². The van der Waals surface area contributed by atoms with Gasteiger partial charge in [0, 0.05) is 12.3 Å². The number of hydrogen-bond acceptors (Lipinski definition) is 6. The van der Waals surface area contributed by atoms with Crippen molar-refractivity contribution in [3.63, 3.8) is 0 Å². The molecule has 3 heterocycles. The molecular weight excluding hydrogens is 376 g/mol. The number of amidine groups is 1. The van der Waals surface area contributed by atoms with Crippen LogP contribution in [0.5, 0.6) is 0 Å². The van der Waals surface area contributed by atoms with Crippen molar-refractivity contribution in [2.45, 2.75) is 39.2 Å². The molecule has 2 aliphatic heterocycles. The number of carbonyl (C=O) groups excluding carboxylic acids is 1. The molecule has 142 valence electrons. The lowest BCUT2D eigenvalue weighted by Gasteiger charge is -2.39. The second kappa shape index (κ2) is 7.56. The number of aryl methyl sites for hydroxylation is 1. The highest BCUT2D eigenvalue weighted by Gasteiger charge is 2.43. The van der Waals surface area contributed by atoms with Gasteiger partial charge in [0.2, 0.25) is 6.29 Å². The molecule has 0 fully saturated rings. The molecule has 0 saturated carbocycles. The normalized spacial score (nSPS) is 18.4. The van der Waals surface area contributed by atoms with Crippen molar-refractivity contribution in [1.82, 2.24) is 10.3 Å². The average molecular weight is 401 g/mol. The van der Waals surface area contributed by atoms with Gasteiger partial charge in [0.05, 0.1) is 5.69 Å². The summed E-state index contributed by atoms with van der Waals surface area (Å²) in [5.41, 5.74) is 6.70. The van der Waals surface area contributed by atoms with E-state index in [1.165, 1.54) is 22.5 Å². The molecule has 1 atom stereocenters. The van der Waals surface area contributed by atoms with Crippen molar-refractivity contribution >= 4 is 39.9 Å². The fourth-order valence-electron chi connectivity index (χ4n) is 3.22. The summed E-state index contributed by atoms with van der Waals surface area (Å²) in [5, 5.41) is 7.48. The quantitative estimate of drug-likeness (QED) is 0.805. The summed E-state index contributed by atoms with van der Waals surface area (Å²) < 4.78 is 0. The molecule has 0 bridgehead atoms. The third-order valence-corrected chi connectivity index (χ3v) is 6.73. The van der Waals surface area contributed by atoms with Gasteiger partial charge in [-0.1, -0.05) is 55.4 Å². The average Bonchev–Trinajstić information content (AvgIpc) is 3.28. The third-order valence-electron chi connectivity index (χ3n) is 4.82. The van der Waals surface area contributed by atoms with Gasteiger partial charge in [0.25, 0.3) is 5.91 Å². The predicted molar refractivity (Wildman–Crippen MR) is 114 cm³/mol. The van der Waals surface area contributed by atoms with Crippen molar-refractivity contribution in [2.24, 2.45) is 11.0 Å². The number of thiophene rings is 1. The summed E-state index contributed by atoms with van der Waals surface area (Å²) in [5.74, 6) is 1.51. The van der Waals surface area contributed by atoms with E-state index in [4.69, 9.17) is 0 Å². The minimum absolute atomic E-state index is 0.106. The van der Waals surface area contributed by atoms with Gasteiger partial charge in [-0.05, 0) is 36.3 Å². The van der Waals surface area contributed by atoms with E-state index in [-0.39, 0.29) is 12.2 Å². The lowest BCUT2D eigenvalue weighted by atomic mass is 10.1. The van der Waals surface area contributed by atoms with Gasteiger partial charge in [-0.3, -0.25) is 20.0 Å². The molecule has 4 rings (SSSR count). The third kappa shape index (κ3) is 3.58. The van der Waals surface area contributed by atoms with Gasteiger partial charge in [0.15, 0.2) is 5.17 Å². The Bertz CT molecular complexity index is 859. The zero-order valence-corrected chi connectivity index (χ0v) is 17.4. The van der Waals surface area contributed by atoms with E-state index in [0.29, 0.717) is 5.92 Å². The lowest BCUT2D eigenvalue weighted by molar-refractivity contribution is 0.0637. The number of nitrogens with zero attached hydrogens (tertiary/aromatic N) is 3. The van der Waals surface area contributed by atoms with E-state index in [2.05, 4.69) is 60.5 Å². The first-order valence-electron chi connectivity index (χ1n) is 9.24. The summed E-state index contributed by atoms with van der Waals surface area (Å²) in [6.07, 6.45) is 0.753. The largest absolute Gasteiger partial charge is 0.298 e. The minimum atomic E-state index is -0.223. The number of benzene rings is 1. The number of hydrazone groups is 1. The summed E-state index contributed by atoms with van der Waals surface area (Å²) in [7, 11) is 0. The Morgan fingerprint density at radius 3 is 2.78 bits per heavy atom. The maximum absolute atomic E-state index is 13.0. The Hall–Kier alpha value is -1.99. The topological polar surface area (TPSA) is 47.9 Å². The van der Waals surface area contributed by atoms with Crippen molar-refractivity contribution in [2.75, 3.05) is 11.4 Å². The van der Waals surface area contributed by atoms with E-state index >= 15 is 0 Å². The molecule has 7 heteroatoms. The molecule has 2 aliphatic rings. The molecule has 5 nitrogen and oxygen atoms in total. The SMILES string of the molecule is Cc1ccc(CSC2=NNC3N(CCC(C)C)C(=O)c4sccc4N23)cc1. The summed E-state index contributed by atoms with van der Waals surface area (Å²) in [6.45, 7) is 7.20. The first-order valence-corrected chi connectivity index (χ1v) is 11.1. The maximum atomic E-state index is 13.0. The van der Waals surface area contributed by atoms with Crippen LogP contribution in [-0.2, 0) is 5.75 Å². The molecule has 0 aliphatic carbocycles. The van der Waals surface area contributed by atoms with Crippen molar-refractivity contribution < 1.29 is 4.79 Å². The molecule has 1 aromatic heterocycles. The van der Waals surface area contributed by atoms with Crippen LogP contribution in [0.2, 0.25) is 0 Å². The Balaban J connectivity index is 1.54. The number of amides is 1. The minimum Gasteiger partial charge on any atom is -0.298 e. The molecule has 1 amide bonds. The van der Waals surface area contributed by atoms with E-state index in [1.807, 2.05) is 16.3 Å². The van der Waals surface area contributed by atoms with Crippen molar-refractivity contribution in [3.8, 4) is 0 Å². The van der Waals surface area contributed by atoms with Gasteiger partial charge >= 0.3 is 0 Å². The fourth-order valence-corrected chi connectivity index (χ4v) is 5.00. The molecule has 1 unspecified atom stereocenters. The highest BCUT2D eigenvalue weighted by molar-refractivity contribution is 8.13. The molecule has 2 aromatic rings. The monoisotopic (exact) mass is 400 g/mol. The Labute approximate surface area is 168 Å². The summed E-state index contributed by atoms with van der Waals surface area (Å²) in [6, 6.07) is 10.6. The van der Waals surface area contributed by atoms with Crippen LogP contribution >= 0.6 is 23.1 Å².